The van der Waals surface area contributed by atoms with Gasteiger partial charge in [-0.1, -0.05) is 12.1 Å². The lowest BCUT2D eigenvalue weighted by Gasteiger charge is -2.28. The maximum absolute atomic E-state index is 14.3. The van der Waals surface area contributed by atoms with Crippen LogP contribution in [-0.2, 0) is 6.54 Å². The number of imidazole rings is 1. The Morgan fingerprint density at radius 2 is 1.56 bits per heavy atom. The van der Waals surface area contributed by atoms with Gasteiger partial charge in [-0.3, -0.25) is 0 Å². The molecule has 0 aliphatic carbocycles. The van der Waals surface area contributed by atoms with Crippen LogP contribution in [0.25, 0.3) is 33.6 Å². The molecule has 0 saturated carbocycles. The van der Waals surface area contributed by atoms with E-state index < -0.39 is 52.9 Å². The first-order valence-corrected chi connectivity index (χ1v) is 9.09. The monoisotopic (exact) mass is 482 g/mol. The molecule has 4 rings (SSSR count). The molecule has 0 aliphatic heterocycles. The van der Waals surface area contributed by atoms with Crippen LogP contribution in [0, 0.1) is 22.7 Å². The van der Waals surface area contributed by atoms with Crippen molar-refractivity contribution in [1.82, 2.24) is 24.5 Å². The van der Waals surface area contributed by atoms with Crippen LogP contribution in [-0.4, -0.2) is 42.5 Å². The molecule has 0 spiro atoms. The molecule has 0 radical (unpaired) electrons. The number of aromatic nitrogens is 5. The summed E-state index contributed by atoms with van der Waals surface area (Å²) in [6, 6.07) is 9.50. The van der Waals surface area contributed by atoms with Crippen molar-refractivity contribution in [2.75, 3.05) is 5.73 Å². The van der Waals surface area contributed by atoms with E-state index in [1.807, 2.05) is 0 Å². The molecule has 3 aromatic heterocycles. The second-order valence-corrected chi connectivity index (χ2v) is 7.04. The fourth-order valence-corrected chi connectivity index (χ4v) is 3.28. The summed E-state index contributed by atoms with van der Waals surface area (Å²) in [6.45, 7) is -2.26. The summed E-state index contributed by atoms with van der Waals surface area (Å²) in [5.41, 5.74) is 4.15. The molecule has 8 nitrogen and oxygen atoms in total. The molecule has 0 unspecified atom stereocenters. The van der Waals surface area contributed by atoms with E-state index in [1.54, 1.807) is 30.3 Å². The average molecular weight is 482 g/mol. The number of nitrogen functional groups attached to an aromatic ring is 1. The van der Waals surface area contributed by atoms with Crippen molar-refractivity contribution in [1.29, 1.82) is 10.5 Å². The van der Waals surface area contributed by atoms with E-state index >= 15 is 0 Å². The van der Waals surface area contributed by atoms with Crippen LogP contribution in [0.3, 0.4) is 0 Å². The summed E-state index contributed by atoms with van der Waals surface area (Å²) in [4.78, 5) is 14.6. The van der Waals surface area contributed by atoms with Crippen LogP contribution >= 0.6 is 0 Å². The topological polar surface area (TPSA) is 133 Å². The van der Waals surface area contributed by atoms with E-state index in [9.17, 15) is 41.3 Å². The van der Waals surface area contributed by atoms with Gasteiger partial charge in [0.25, 0.3) is 0 Å². The number of fused-ring (bicyclic) bond motifs is 2. The molecule has 4 aromatic rings. The molecule has 174 valence electrons. The molecule has 0 aliphatic rings. The van der Waals surface area contributed by atoms with Gasteiger partial charge in [0.15, 0.2) is 17.0 Å². The lowest BCUT2D eigenvalue weighted by Crippen LogP contribution is -2.53. The highest BCUT2D eigenvalue weighted by Crippen LogP contribution is 2.48. The van der Waals surface area contributed by atoms with Gasteiger partial charge >= 0.3 is 18.0 Å². The van der Waals surface area contributed by atoms with Crippen molar-refractivity contribution in [3.8, 4) is 23.5 Å². The molecule has 3 N–H and O–H groups in total. The smallest absolute Gasteiger partial charge is 0.384 e. The molecule has 0 fully saturated rings. The summed E-state index contributed by atoms with van der Waals surface area (Å²) in [5.74, 6) is -12.9. The molecule has 0 amide bonds. The van der Waals surface area contributed by atoms with E-state index in [1.165, 1.54) is 6.07 Å². The summed E-state index contributed by atoms with van der Waals surface area (Å²) in [5, 5.41) is 18.4. The predicted octanol–water partition coefficient (Wildman–Crippen LogP) is 4.13. The summed E-state index contributed by atoms with van der Waals surface area (Å²) >= 11 is 0. The van der Waals surface area contributed by atoms with E-state index in [-0.39, 0.29) is 16.0 Å². The van der Waals surface area contributed by atoms with Crippen LogP contribution in [0.1, 0.15) is 11.4 Å². The lowest BCUT2D eigenvalue weighted by atomic mass is 10.1. The first kappa shape index (κ1) is 22.8. The minimum atomic E-state index is -6.56. The van der Waals surface area contributed by atoms with Crippen molar-refractivity contribution >= 4 is 28.0 Å². The fourth-order valence-electron chi connectivity index (χ4n) is 3.28. The number of halogens is 7. The minimum absolute atomic E-state index is 0.101. The molecule has 34 heavy (non-hydrogen) atoms. The van der Waals surface area contributed by atoms with E-state index in [0.717, 1.165) is 0 Å². The zero-order valence-electron chi connectivity index (χ0n) is 16.4. The number of para-hydroxylation sites is 2. The number of nitriles is 2. The van der Waals surface area contributed by atoms with Gasteiger partial charge in [0.05, 0.1) is 23.1 Å². The third-order valence-corrected chi connectivity index (χ3v) is 4.93. The number of nitrogens with two attached hydrogens (primary N) is 1. The van der Waals surface area contributed by atoms with Gasteiger partial charge in [0, 0.05) is 0 Å². The number of benzene rings is 1. The summed E-state index contributed by atoms with van der Waals surface area (Å²) < 4.78 is 93.9. The predicted molar refractivity (Wildman–Crippen MR) is 102 cm³/mol. The number of alkyl halides is 7. The minimum Gasteiger partial charge on any atom is -0.384 e. The molecule has 3 heterocycles. The maximum atomic E-state index is 14.3. The van der Waals surface area contributed by atoms with Crippen molar-refractivity contribution in [3.63, 3.8) is 0 Å². The molecule has 1 aromatic carbocycles. The van der Waals surface area contributed by atoms with Gasteiger partial charge in [-0.05, 0) is 12.1 Å². The zero-order valence-corrected chi connectivity index (χ0v) is 16.4. The molecular formula is C19H9F7N8. The van der Waals surface area contributed by atoms with E-state index in [2.05, 4.69) is 19.9 Å². The van der Waals surface area contributed by atoms with Crippen molar-refractivity contribution in [3.05, 3.63) is 35.7 Å². The fraction of sp³-hybridized carbons (Fsp3) is 0.211. The number of nitrogens with zero attached hydrogens (tertiary/aromatic N) is 6. The zero-order chi connectivity index (χ0) is 25.1. The molecule has 0 saturated heterocycles. The molecule has 0 atom stereocenters. The average Bonchev–Trinajstić information content (AvgIpc) is 3.30. The first-order valence-electron chi connectivity index (χ1n) is 9.09. The number of anilines is 1. The highest BCUT2D eigenvalue weighted by molar-refractivity contribution is 5.98. The molecule has 0 bridgehead atoms. The van der Waals surface area contributed by atoms with E-state index in [4.69, 9.17) is 5.73 Å². The normalized spacial score (nSPS) is 12.7. The Kier molecular flexibility index (Phi) is 4.90. The SMILES string of the molecule is N#Cc1nc2c(-c3nc4ccccc4[nH]3)c(N)n(CC(F)(F)C(F)(F)C(F)(F)F)c2nc1C#N. The van der Waals surface area contributed by atoms with Gasteiger partial charge in [-0.15, -0.1) is 0 Å². The van der Waals surface area contributed by atoms with Gasteiger partial charge in [0.1, 0.15) is 29.3 Å². The van der Waals surface area contributed by atoms with E-state index in [0.29, 0.717) is 11.0 Å². The summed E-state index contributed by atoms with van der Waals surface area (Å²) in [6.07, 6.45) is -6.56. The standard InChI is InChI=1S/C19H9F7N8/c20-17(21,18(22,23)19(24,25)26)7-34-14(29)12(15-31-8-3-1-2-4-9(8)32-15)13-16(34)33-11(6-28)10(5-27)30-13/h1-4H,7,29H2,(H,31,32). The van der Waals surface area contributed by atoms with Crippen molar-refractivity contribution in [2.45, 2.75) is 24.6 Å². The Morgan fingerprint density at radius 1 is 0.941 bits per heavy atom. The largest absolute Gasteiger partial charge is 0.459 e. The number of aromatic amines is 1. The number of nitrogens with one attached hydrogen (secondary N) is 1. The summed E-state index contributed by atoms with van der Waals surface area (Å²) in [7, 11) is 0. The Hall–Kier alpha value is -4.40. The van der Waals surface area contributed by atoms with Gasteiger partial charge in [-0.2, -0.15) is 41.3 Å². The highest BCUT2D eigenvalue weighted by atomic mass is 19.4. The molecular weight excluding hydrogens is 473 g/mol. The van der Waals surface area contributed by atoms with Gasteiger partial charge in [0.2, 0.25) is 0 Å². The highest BCUT2D eigenvalue weighted by Gasteiger charge is 2.73. The van der Waals surface area contributed by atoms with Crippen molar-refractivity contribution in [2.24, 2.45) is 0 Å². The van der Waals surface area contributed by atoms with Crippen LogP contribution < -0.4 is 5.73 Å². The van der Waals surface area contributed by atoms with Gasteiger partial charge < -0.3 is 15.3 Å². The second-order valence-electron chi connectivity index (χ2n) is 7.04. The Balaban J connectivity index is 2.02. The Labute approximate surface area is 184 Å². The Morgan fingerprint density at radius 3 is 2.15 bits per heavy atom. The third kappa shape index (κ3) is 3.24. The number of rotatable bonds is 4. The van der Waals surface area contributed by atoms with Crippen LogP contribution in [0.5, 0.6) is 0 Å². The number of hydrogen-bond acceptors (Lipinski definition) is 6. The Bertz CT molecular complexity index is 1490. The van der Waals surface area contributed by atoms with Crippen LogP contribution in [0.2, 0.25) is 0 Å². The number of hydrogen-bond donors (Lipinski definition) is 2. The lowest BCUT2D eigenvalue weighted by molar-refractivity contribution is -0.356. The second kappa shape index (κ2) is 7.31. The van der Waals surface area contributed by atoms with Crippen molar-refractivity contribution < 1.29 is 30.7 Å². The van der Waals surface area contributed by atoms with Gasteiger partial charge in [-0.25, -0.2) is 15.0 Å². The van der Waals surface area contributed by atoms with Crippen LogP contribution in [0.4, 0.5) is 36.6 Å². The third-order valence-electron chi connectivity index (χ3n) is 4.93. The maximum Gasteiger partial charge on any atom is 0.459 e. The molecule has 15 heteroatoms. The van der Waals surface area contributed by atoms with Crippen LogP contribution in [0.15, 0.2) is 24.3 Å². The quantitative estimate of drug-likeness (QED) is 0.420. The number of H-pyrrole nitrogens is 1. The first-order chi connectivity index (χ1) is 15.8.